The Morgan fingerprint density at radius 1 is 0.281 bits per heavy atom. The molecule has 4 aromatic rings. The molecule has 0 aromatic heterocycles. The van der Waals surface area contributed by atoms with Crippen molar-refractivity contribution in [1.29, 1.82) is 0 Å². The van der Waals surface area contributed by atoms with Crippen LogP contribution in [0.3, 0.4) is 0 Å². The minimum atomic E-state index is -1.46. The van der Waals surface area contributed by atoms with Gasteiger partial charge in [-0.15, -0.1) is 0 Å². The minimum absolute atomic E-state index is 0. The number of rotatable bonds is 12. The summed E-state index contributed by atoms with van der Waals surface area (Å²) in [6.45, 7) is 14.9. The number of hydrogen-bond donors (Lipinski definition) is 0. The first-order valence-corrected chi connectivity index (χ1v) is 39.0. The van der Waals surface area contributed by atoms with Gasteiger partial charge < -0.3 is 49.8 Å². The third-order valence-corrected chi connectivity index (χ3v) is 33.0. The van der Waals surface area contributed by atoms with Crippen LogP contribution < -0.4 is 20.4 Å². The van der Waals surface area contributed by atoms with E-state index in [9.17, 15) is 78.0 Å². The van der Waals surface area contributed by atoms with E-state index in [0.29, 0.717) is 71.6 Å². The van der Waals surface area contributed by atoms with Crippen molar-refractivity contribution in [1.82, 2.24) is 19.6 Å². The van der Waals surface area contributed by atoms with E-state index in [1.165, 1.54) is 12.8 Å². The van der Waals surface area contributed by atoms with E-state index in [1.54, 1.807) is 55.4 Å². The summed E-state index contributed by atoms with van der Waals surface area (Å²) >= 11 is 52.7. The van der Waals surface area contributed by atoms with Crippen LogP contribution in [0.1, 0.15) is 151 Å². The maximum Gasteiger partial charge on any atom is 2.00 e. The number of carbonyl (C=O) groups excluding carboxylic acids is 12. The van der Waals surface area contributed by atoms with Crippen LogP contribution in [0.5, 0.6) is 0 Å². The third kappa shape index (κ3) is 18.0. The summed E-state index contributed by atoms with van der Waals surface area (Å²) in [6, 6.07) is -5.32. The summed E-state index contributed by atoms with van der Waals surface area (Å²) in [5, 5.41) is 45.5. The van der Waals surface area contributed by atoms with E-state index in [4.69, 9.17) is 4.74 Å². The first-order chi connectivity index (χ1) is 42.9. The van der Waals surface area contributed by atoms with E-state index < -0.39 is 119 Å². The summed E-state index contributed by atoms with van der Waals surface area (Å²) in [5.74, 6) is -13.1. The Kier molecular flexibility index (Phi) is 36.4. The molecule has 524 valence electrons. The molecule has 9 rings (SSSR count). The van der Waals surface area contributed by atoms with Gasteiger partial charge in [0.1, 0.15) is 0 Å². The number of ether oxygens (including phenoxy) is 1. The Morgan fingerprint density at radius 3 is 0.469 bits per heavy atom. The second-order valence-corrected chi connectivity index (χ2v) is 34.0. The molecule has 8 amide bonds. The van der Waals surface area contributed by atoms with E-state index in [0.717, 1.165) is 32.8 Å². The Bertz CT molecular complexity index is 3270. The predicted octanol–water partition coefficient (Wildman–Crippen LogP) is 12.4. The second-order valence-electron chi connectivity index (χ2n) is 21.3. The number of halogens is 16. The SMILES string of the molecule is C1CCOC1.CC(C)[C@@H](C(=O)[O-])N1C(=O)c2c(Br)c(Br)c(Br)c(Br)c2C1=O.CC(C)[C@@H](C(=O)[O-])N1C(=O)c2c(Br)c(Br)c(Br)c(Br)c2C1=O.CC(C)[C@@H](C(=O)[O-])N1C(=O)c2c(Br)c(Br)c(Br)c(Br)c2C1=O.CC(C)[C@@H](C(=O)[O-])N1C(=O)c2c(Br)c(Br)c(Br)c(Br)c2C1=O.O.[Rh+2].[Rh+2]. The van der Waals surface area contributed by atoms with Crippen LogP contribution in [0.2, 0.25) is 0 Å². The molecule has 5 aliphatic rings. The Morgan fingerprint density at radius 2 is 0.396 bits per heavy atom. The van der Waals surface area contributed by atoms with Gasteiger partial charge >= 0.3 is 39.0 Å². The van der Waals surface area contributed by atoms with Crippen molar-refractivity contribution in [2.24, 2.45) is 23.7 Å². The number of amides is 8. The Hall–Kier alpha value is 0.167. The van der Waals surface area contributed by atoms with Crippen LogP contribution in [0.15, 0.2) is 71.6 Å². The Balaban J connectivity index is 0.000000420. The van der Waals surface area contributed by atoms with Crippen LogP contribution in [-0.2, 0) is 62.9 Å². The normalized spacial score (nSPS) is 15.5. The van der Waals surface area contributed by atoms with Crippen molar-refractivity contribution in [3.05, 3.63) is 116 Å². The van der Waals surface area contributed by atoms with Gasteiger partial charge in [0, 0.05) is 84.8 Å². The molecule has 0 saturated carbocycles. The van der Waals surface area contributed by atoms with Crippen LogP contribution >= 0.6 is 255 Å². The van der Waals surface area contributed by atoms with Gasteiger partial charge in [-0.25, -0.2) is 0 Å². The Labute approximate surface area is 708 Å². The number of imide groups is 4. The number of fused-ring (bicyclic) bond motifs is 4. The van der Waals surface area contributed by atoms with Crippen molar-refractivity contribution in [3.8, 4) is 0 Å². The zero-order valence-corrected chi connectivity index (χ0v) is 78.0. The molecule has 2 N–H and O–H groups in total. The largest absolute Gasteiger partial charge is 2.00 e. The van der Waals surface area contributed by atoms with Crippen molar-refractivity contribution in [2.45, 2.75) is 92.4 Å². The van der Waals surface area contributed by atoms with Crippen LogP contribution in [0.25, 0.3) is 0 Å². The molecule has 2 radical (unpaired) electrons. The molecule has 5 aliphatic heterocycles. The molecule has 0 bridgehead atoms. The standard InChI is InChI=1S/4C13H9Br4NO4.C4H8O.H2O.2Rh/c4*1-3(2)10(13(21)22)18-11(19)4-5(12(18)20)7(15)9(17)8(16)6(4)14;1-2-4-5-3-1;;;/h4*3,10H,1-2H3,(H,21,22);1-4H2;1H2;;/q;;;;;;2*+2/p-4/t4*10-;;;;/m0000..../s1. The molecule has 5 heterocycles. The average Bonchev–Trinajstić information content (AvgIpc) is 1.61. The molecule has 1 fully saturated rings. The number of hydrogen-bond acceptors (Lipinski definition) is 17. The van der Waals surface area contributed by atoms with Crippen LogP contribution in [0.4, 0.5) is 0 Å². The summed E-state index contributed by atoms with van der Waals surface area (Å²) in [5.41, 5.74) is 0.991. The summed E-state index contributed by atoms with van der Waals surface area (Å²) in [6.07, 6.45) is 2.56. The zero-order valence-electron chi connectivity index (χ0n) is 49.4. The van der Waals surface area contributed by atoms with Gasteiger partial charge in [-0.2, -0.15) is 0 Å². The molecule has 4 aromatic carbocycles. The zero-order chi connectivity index (χ0) is 71.2. The molecule has 22 nitrogen and oxygen atoms in total. The molecule has 0 unspecified atom stereocenters. The fourth-order valence-corrected chi connectivity index (χ4v) is 19.5. The van der Waals surface area contributed by atoms with Crippen LogP contribution in [0, 0.1) is 23.7 Å². The molecule has 40 heteroatoms. The average molecular weight is 2540 g/mol. The summed E-state index contributed by atoms with van der Waals surface area (Å²) < 4.78 is 12.5. The molecule has 1 saturated heterocycles. The van der Waals surface area contributed by atoms with Gasteiger partial charge in [-0.05, 0) is 291 Å². The van der Waals surface area contributed by atoms with Gasteiger partial charge in [-0.1, -0.05) is 55.4 Å². The van der Waals surface area contributed by atoms with Gasteiger partial charge in [0.15, 0.2) is 0 Å². The maximum atomic E-state index is 12.6. The first kappa shape index (κ1) is 92.2. The van der Waals surface area contributed by atoms with Crippen molar-refractivity contribution < 1.29 is 127 Å². The number of carboxylic acid groups (broad SMARTS) is 4. The number of carboxylic acids is 4. The van der Waals surface area contributed by atoms with E-state index in [-0.39, 0.29) is 88.9 Å². The number of carbonyl (C=O) groups is 12. The molecule has 0 aliphatic carbocycles. The molecule has 96 heavy (non-hydrogen) atoms. The third-order valence-electron chi connectivity index (χ3n) is 14.0. The quantitative estimate of drug-likeness (QED) is 0.0550. The number of aliphatic carboxylic acids is 4. The molecule has 0 spiro atoms. The topological polar surface area (TPSA) is 351 Å². The molecular weight excluding hydrogens is 2500 g/mol. The van der Waals surface area contributed by atoms with Gasteiger partial charge in [-0.3, -0.25) is 58.0 Å². The van der Waals surface area contributed by atoms with Gasteiger partial charge in [0.25, 0.3) is 47.3 Å². The monoisotopic (exact) mass is 2530 g/mol. The van der Waals surface area contributed by atoms with E-state index in [2.05, 4.69) is 255 Å². The van der Waals surface area contributed by atoms with Crippen LogP contribution in [-0.4, -0.2) is 134 Å². The number of nitrogens with zero attached hydrogens (tertiary/aromatic N) is 4. The maximum absolute atomic E-state index is 12.6. The van der Waals surface area contributed by atoms with Crippen molar-refractivity contribution in [3.63, 3.8) is 0 Å². The summed E-state index contributed by atoms with van der Waals surface area (Å²) in [4.78, 5) is 149. The predicted molar refractivity (Wildman–Crippen MR) is 389 cm³/mol. The van der Waals surface area contributed by atoms with Crippen molar-refractivity contribution >= 4 is 326 Å². The fraction of sp³-hybridized carbons (Fsp3) is 0.357. The fourth-order valence-electron chi connectivity index (χ4n) is 9.69. The van der Waals surface area contributed by atoms with Gasteiger partial charge in [0.05, 0.1) is 92.6 Å². The van der Waals surface area contributed by atoms with E-state index in [1.807, 2.05) is 0 Å². The minimum Gasteiger partial charge on any atom is -0.548 e. The van der Waals surface area contributed by atoms with Gasteiger partial charge in [0.2, 0.25) is 0 Å². The van der Waals surface area contributed by atoms with E-state index >= 15 is 0 Å². The molecule has 4 atom stereocenters. The smallest absolute Gasteiger partial charge is 0.548 e. The first-order valence-electron chi connectivity index (χ1n) is 26.3. The van der Waals surface area contributed by atoms with Crippen molar-refractivity contribution in [2.75, 3.05) is 13.2 Å². The summed E-state index contributed by atoms with van der Waals surface area (Å²) in [7, 11) is 0. The second kappa shape index (κ2) is 37.9. The molecular formula is C56H42Br16N4O18Rh2. The number of benzene rings is 4.